The quantitative estimate of drug-likeness (QED) is 0.820. The SMILES string of the molecule is Cc1c(N)nc(C(C)(C)C)nc1N1CCC(O)C(C)C1. The lowest BCUT2D eigenvalue weighted by Gasteiger charge is -2.36. The van der Waals surface area contributed by atoms with Gasteiger partial charge in [0.05, 0.1) is 6.10 Å². The van der Waals surface area contributed by atoms with E-state index in [4.69, 9.17) is 10.7 Å². The maximum absolute atomic E-state index is 9.87. The summed E-state index contributed by atoms with van der Waals surface area (Å²) < 4.78 is 0. The smallest absolute Gasteiger partial charge is 0.138 e. The molecule has 5 heteroatoms. The summed E-state index contributed by atoms with van der Waals surface area (Å²) in [5.74, 6) is 2.49. The highest BCUT2D eigenvalue weighted by Crippen LogP contribution is 2.29. The van der Waals surface area contributed by atoms with E-state index < -0.39 is 0 Å². The number of aromatic nitrogens is 2. The summed E-state index contributed by atoms with van der Waals surface area (Å²) in [4.78, 5) is 11.4. The van der Waals surface area contributed by atoms with Gasteiger partial charge in [-0.1, -0.05) is 27.7 Å². The normalized spacial score (nSPS) is 24.0. The Morgan fingerprint density at radius 2 is 1.95 bits per heavy atom. The Hall–Kier alpha value is -1.36. The van der Waals surface area contributed by atoms with Gasteiger partial charge in [0.15, 0.2) is 0 Å². The van der Waals surface area contributed by atoms with Gasteiger partial charge in [-0.25, -0.2) is 9.97 Å². The molecule has 1 aromatic rings. The zero-order valence-electron chi connectivity index (χ0n) is 13.1. The highest BCUT2D eigenvalue weighted by atomic mass is 16.3. The van der Waals surface area contributed by atoms with Crippen molar-refractivity contribution in [3.8, 4) is 0 Å². The number of aliphatic hydroxyl groups excluding tert-OH is 1. The van der Waals surface area contributed by atoms with Crippen molar-refractivity contribution in [3.05, 3.63) is 11.4 Å². The first-order valence-corrected chi connectivity index (χ1v) is 7.27. The predicted octanol–water partition coefficient (Wildman–Crippen LogP) is 1.87. The van der Waals surface area contributed by atoms with Crippen LogP contribution in [0.15, 0.2) is 0 Å². The van der Waals surface area contributed by atoms with Gasteiger partial charge < -0.3 is 15.7 Å². The Bertz CT molecular complexity index is 495. The van der Waals surface area contributed by atoms with Crippen molar-refractivity contribution in [2.24, 2.45) is 5.92 Å². The molecule has 0 aromatic carbocycles. The van der Waals surface area contributed by atoms with Gasteiger partial charge in [-0.15, -0.1) is 0 Å². The van der Waals surface area contributed by atoms with E-state index in [2.05, 4.69) is 37.6 Å². The molecule has 1 aliphatic rings. The molecule has 3 N–H and O–H groups in total. The average molecular weight is 278 g/mol. The zero-order valence-corrected chi connectivity index (χ0v) is 13.1. The van der Waals surface area contributed by atoms with E-state index in [0.717, 1.165) is 36.7 Å². The van der Waals surface area contributed by atoms with Crippen LogP contribution in [0.4, 0.5) is 11.6 Å². The molecular formula is C15H26N4O. The predicted molar refractivity (Wildman–Crippen MR) is 81.9 cm³/mol. The molecule has 2 rings (SSSR count). The van der Waals surface area contributed by atoms with Crippen molar-refractivity contribution in [2.45, 2.75) is 52.6 Å². The second-order valence-corrected chi connectivity index (χ2v) is 6.91. The molecule has 0 radical (unpaired) electrons. The van der Waals surface area contributed by atoms with Gasteiger partial charge in [0.2, 0.25) is 0 Å². The maximum atomic E-state index is 9.87. The average Bonchev–Trinajstić information content (AvgIpc) is 2.34. The van der Waals surface area contributed by atoms with Gasteiger partial charge in [-0.2, -0.15) is 0 Å². The molecule has 1 aliphatic heterocycles. The highest BCUT2D eigenvalue weighted by molar-refractivity contribution is 5.57. The summed E-state index contributed by atoms with van der Waals surface area (Å²) in [5.41, 5.74) is 6.86. The molecule has 0 spiro atoms. The molecule has 0 aliphatic carbocycles. The van der Waals surface area contributed by atoms with Crippen molar-refractivity contribution in [3.63, 3.8) is 0 Å². The lowest BCUT2D eigenvalue weighted by Crippen LogP contribution is -2.43. The molecule has 5 nitrogen and oxygen atoms in total. The Labute approximate surface area is 121 Å². The summed E-state index contributed by atoms with van der Waals surface area (Å²) in [6.07, 6.45) is 0.558. The third kappa shape index (κ3) is 2.87. The summed E-state index contributed by atoms with van der Waals surface area (Å²) in [6, 6.07) is 0. The molecular weight excluding hydrogens is 252 g/mol. The molecule has 0 bridgehead atoms. The molecule has 0 saturated carbocycles. The minimum Gasteiger partial charge on any atom is -0.393 e. The fraction of sp³-hybridized carbons (Fsp3) is 0.733. The zero-order chi connectivity index (χ0) is 15.1. The van der Waals surface area contributed by atoms with Crippen LogP contribution in [0.1, 0.15) is 45.5 Å². The van der Waals surface area contributed by atoms with Crippen LogP contribution < -0.4 is 10.6 Å². The van der Waals surface area contributed by atoms with Crippen LogP contribution in [0.25, 0.3) is 0 Å². The van der Waals surface area contributed by atoms with Crippen molar-refractivity contribution in [1.82, 2.24) is 9.97 Å². The van der Waals surface area contributed by atoms with Gasteiger partial charge in [0.1, 0.15) is 17.5 Å². The largest absolute Gasteiger partial charge is 0.393 e. The first-order valence-electron chi connectivity index (χ1n) is 7.27. The molecule has 112 valence electrons. The Morgan fingerprint density at radius 3 is 2.50 bits per heavy atom. The van der Waals surface area contributed by atoms with E-state index in [9.17, 15) is 5.11 Å². The van der Waals surface area contributed by atoms with Gasteiger partial charge in [-0.05, 0) is 19.3 Å². The van der Waals surface area contributed by atoms with Crippen LogP contribution in [-0.2, 0) is 5.41 Å². The number of anilines is 2. The highest BCUT2D eigenvalue weighted by Gasteiger charge is 2.28. The second-order valence-electron chi connectivity index (χ2n) is 6.91. The van der Waals surface area contributed by atoms with E-state index in [1.165, 1.54) is 0 Å². The maximum Gasteiger partial charge on any atom is 0.138 e. The van der Waals surface area contributed by atoms with Crippen LogP contribution >= 0.6 is 0 Å². The Balaban J connectivity index is 2.38. The van der Waals surface area contributed by atoms with Crippen LogP contribution in [-0.4, -0.2) is 34.3 Å². The number of piperidine rings is 1. The van der Waals surface area contributed by atoms with Crippen molar-refractivity contribution in [2.75, 3.05) is 23.7 Å². The fourth-order valence-corrected chi connectivity index (χ4v) is 2.49. The minimum absolute atomic E-state index is 0.127. The van der Waals surface area contributed by atoms with E-state index in [1.807, 2.05) is 6.92 Å². The van der Waals surface area contributed by atoms with Crippen LogP contribution in [0.5, 0.6) is 0 Å². The third-order valence-electron chi connectivity index (χ3n) is 3.99. The number of nitrogen functional groups attached to an aromatic ring is 1. The molecule has 1 aromatic heterocycles. The third-order valence-corrected chi connectivity index (χ3v) is 3.99. The molecule has 2 unspecified atom stereocenters. The van der Waals surface area contributed by atoms with E-state index >= 15 is 0 Å². The van der Waals surface area contributed by atoms with E-state index in [-0.39, 0.29) is 17.4 Å². The molecule has 20 heavy (non-hydrogen) atoms. The van der Waals surface area contributed by atoms with Crippen molar-refractivity contribution >= 4 is 11.6 Å². The molecule has 1 saturated heterocycles. The number of nitrogens with two attached hydrogens (primary N) is 1. The van der Waals surface area contributed by atoms with Crippen LogP contribution in [0.2, 0.25) is 0 Å². The topological polar surface area (TPSA) is 75.3 Å². The Kier molecular flexibility index (Phi) is 3.91. The summed E-state index contributed by atoms with van der Waals surface area (Å²) in [6.45, 7) is 11.9. The summed E-state index contributed by atoms with van der Waals surface area (Å²) in [5, 5.41) is 9.87. The van der Waals surface area contributed by atoms with Gasteiger partial charge >= 0.3 is 0 Å². The lowest BCUT2D eigenvalue weighted by molar-refractivity contribution is 0.0968. The van der Waals surface area contributed by atoms with E-state index in [0.29, 0.717) is 5.82 Å². The first kappa shape index (κ1) is 15.0. The molecule has 2 atom stereocenters. The van der Waals surface area contributed by atoms with Crippen molar-refractivity contribution in [1.29, 1.82) is 0 Å². The minimum atomic E-state index is -0.215. The molecule has 1 fully saturated rings. The number of aliphatic hydroxyl groups is 1. The van der Waals surface area contributed by atoms with Gasteiger partial charge in [0, 0.05) is 24.1 Å². The fourth-order valence-electron chi connectivity index (χ4n) is 2.49. The van der Waals surface area contributed by atoms with Gasteiger partial charge in [0.25, 0.3) is 0 Å². The van der Waals surface area contributed by atoms with Crippen molar-refractivity contribution < 1.29 is 5.11 Å². The van der Waals surface area contributed by atoms with Crippen LogP contribution in [0.3, 0.4) is 0 Å². The lowest BCUT2D eigenvalue weighted by atomic mass is 9.95. The van der Waals surface area contributed by atoms with Crippen LogP contribution in [0, 0.1) is 12.8 Å². The standard InChI is InChI=1S/C15H26N4O/c1-9-8-19(7-6-11(9)20)13-10(2)12(16)17-14(18-13)15(3,4)5/h9,11,20H,6-8H2,1-5H3,(H2,16,17,18). The number of hydrogen-bond acceptors (Lipinski definition) is 5. The molecule has 2 heterocycles. The van der Waals surface area contributed by atoms with E-state index in [1.54, 1.807) is 0 Å². The number of nitrogens with zero attached hydrogens (tertiary/aromatic N) is 3. The Morgan fingerprint density at radius 1 is 1.30 bits per heavy atom. The van der Waals surface area contributed by atoms with Gasteiger partial charge in [-0.3, -0.25) is 0 Å². The second kappa shape index (κ2) is 5.20. The molecule has 0 amide bonds. The summed E-state index contributed by atoms with van der Waals surface area (Å²) in [7, 11) is 0. The number of rotatable bonds is 1. The summed E-state index contributed by atoms with van der Waals surface area (Å²) >= 11 is 0. The first-order chi connectivity index (χ1) is 9.20. The monoisotopic (exact) mass is 278 g/mol. The number of hydrogen-bond donors (Lipinski definition) is 2.